The maximum atomic E-state index is 6.49. The quantitative estimate of drug-likeness (QED) is 0.108. The molecule has 0 fully saturated rings. The molecule has 3 aliphatic rings. The van der Waals surface area contributed by atoms with Gasteiger partial charge >= 0.3 is 0 Å². The third-order valence-corrected chi connectivity index (χ3v) is 28.8. The van der Waals surface area contributed by atoms with Crippen LogP contribution in [-0.4, -0.2) is 54.4 Å². The zero-order valence-electron chi connectivity index (χ0n) is 81.7. The van der Waals surface area contributed by atoms with Crippen molar-refractivity contribution in [3.05, 3.63) is 401 Å². The first kappa shape index (κ1) is 95.1. The largest absolute Gasteiger partial charge is 0.509 e. The Hall–Kier alpha value is -14.8. The Labute approximate surface area is 888 Å². The number of rotatable bonds is 12. The molecule has 0 atom stereocenters. The number of fused-ring (bicyclic) bond motifs is 21. The van der Waals surface area contributed by atoms with Crippen molar-refractivity contribution in [3.63, 3.8) is 0 Å². The van der Waals surface area contributed by atoms with Crippen LogP contribution in [0.15, 0.2) is 332 Å². The number of hydrogen-bond acceptors (Lipinski definition) is 14. The summed E-state index contributed by atoms with van der Waals surface area (Å²) in [5, 5.41) is 14.1. The molecule has 0 saturated heterocycles. The Morgan fingerprint density at radius 1 is 0.269 bits per heavy atom. The van der Waals surface area contributed by atoms with E-state index in [0.29, 0.717) is 34.5 Å². The minimum absolute atomic E-state index is 0. The van der Waals surface area contributed by atoms with Crippen molar-refractivity contribution >= 4 is 192 Å². The van der Waals surface area contributed by atoms with Crippen molar-refractivity contribution in [1.82, 2.24) is 33.2 Å². The van der Waals surface area contributed by atoms with Crippen LogP contribution in [0.2, 0.25) is 0 Å². The van der Waals surface area contributed by atoms with Gasteiger partial charge in [0.1, 0.15) is 28.6 Å². The van der Waals surface area contributed by atoms with Gasteiger partial charge in [0, 0.05) is 227 Å². The minimum Gasteiger partial charge on any atom is -0.509 e. The normalized spacial score (nSPS) is 13.1. The summed E-state index contributed by atoms with van der Waals surface area (Å²) in [4.78, 5) is 27.4. The number of ether oxygens (including phenoxy) is 3. The maximum absolute atomic E-state index is 6.49. The zero-order chi connectivity index (χ0) is 96.5. The van der Waals surface area contributed by atoms with Gasteiger partial charge in [0.15, 0.2) is 0 Å². The van der Waals surface area contributed by atoms with Gasteiger partial charge in [0.2, 0.25) is 0 Å². The topological polar surface area (TPSA) is 119 Å². The van der Waals surface area contributed by atoms with Crippen LogP contribution in [0.3, 0.4) is 0 Å². The average Bonchev–Trinajstić information content (AvgIpc) is 1.58. The predicted molar refractivity (Wildman–Crippen MR) is 582 cm³/mol. The summed E-state index contributed by atoms with van der Waals surface area (Å²) in [6.45, 7) is 26.3. The van der Waals surface area contributed by atoms with Crippen molar-refractivity contribution in [2.45, 2.75) is 78.6 Å². The molecular weight excluding hydrogens is 2350 g/mol. The maximum Gasteiger partial charge on any atom is 0.137 e. The van der Waals surface area contributed by atoms with Crippen LogP contribution in [-0.2, 0) is 86.5 Å². The number of para-hydroxylation sites is 5. The van der Waals surface area contributed by atoms with Gasteiger partial charge in [-0.15, -0.1) is 136 Å². The van der Waals surface area contributed by atoms with Crippen molar-refractivity contribution < 1.29 is 81.8 Å². The van der Waals surface area contributed by atoms with Gasteiger partial charge in [-0.05, 0) is 173 Å². The molecule has 21 heteroatoms. The first-order chi connectivity index (χ1) is 68.9. The Bertz CT molecular complexity index is 8900. The van der Waals surface area contributed by atoms with E-state index >= 15 is 0 Å². The fourth-order valence-corrected chi connectivity index (χ4v) is 21.5. The van der Waals surface area contributed by atoms with E-state index < -0.39 is 0 Å². The Morgan fingerprint density at radius 3 is 1.03 bits per heavy atom. The Kier molecular flexibility index (Phi) is 24.4. The first-order valence-corrected chi connectivity index (χ1v) is 48.6. The molecule has 17 nitrogen and oxygen atoms in total. The predicted octanol–water partition coefficient (Wildman–Crippen LogP) is 31.6. The number of hydrogen-bond donors (Lipinski definition) is 0. The molecule has 0 spiro atoms. The SMILES string of the molecule is CN1[CH-]N(c2[c-]c(Oc3[c-]c4c(cc3)c3ccccc3n4-c3cc(C(C)(C)C)ccn3)ccc2)c2cc3c(cc21)c1ccccc1n3C.CN1[CH-]N(c2[c-]c(Oc3[c-]c4c(cc3)c3ccccc3n4-c3cc(C(C)(C)C)ccn3)ccc2)c2cc3oc4ccccc4c3cc21.CN1[CH-]N(c2[c-]c(Oc3[c-]c4c(cc3)c3ccccc3n4-c3cc(C(C)(C)C)ccn3)ccc2)c2cc3sc4ccccc4c3cc21.[Pt].[Pt].[Pt]. The average molecular weight is 2450 g/mol. The number of thiophene rings is 1. The molecule has 0 N–H and O–H groups in total. The third-order valence-electron chi connectivity index (χ3n) is 27.6. The fourth-order valence-electron chi connectivity index (χ4n) is 20.4. The van der Waals surface area contributed by atoms with Crippen LogP contribution in [0.4, 0.5) is 51.2 Å². The Balaban J connectivity index is 0.000000123. The molecular formula is C124H96N13O4Pt3S-9. The van der Waals surface area contributed by atoms with Crippen LogP contribution in [0.1, 0.15) is 79.0 Å². The fraction of sp³-hybridized carbons (Fsp3) is 0.129. The van der Waals surface area contributed by atoms with Gasteiger partial charge in [0.05, 0.1) is 5.52 Å². The molecule has 27 rings (SSSR count). The summed E-state index contributed by atoms with van der Waals surface area (Å²) in [7, 11) is 8.37. The van der Waals surface area contributed by atoms with Crippen LogP contribution in [0, 0.1) is 56.4 Å². The van der Waals surface area contributed by atoms with Gasteiger partial charge in [-0.3, -0.25) is 0 Å². The molecule has 15 aromatic carbocycles. The number of aryl methyl sites for hydroxylation is 1. The van der Waals surface area contributed by atoms with Crippen molar-refractivity contribution in [2.24, 2.45) is 7.05 Å². The van der Waals surface area contributed by atoms with Gasteiger partial charge in [0.25, 0.3) is 0 Å². The third kappa shape index (κ3) is 16.9. The van der Waals surface area contributed by atoms with E-state index in [2.05, 4.69) is 425 Å². The zero-order valence-corrected chi connectivity index (χ0v) is 89.3. The van der Waals surface area contributed by atoms with E-state index in [-0.39, 0.29) is 79.4 Å². The number of furan rings is 1. The van der Waals surface area contributed by atoms with Gasteiger partial charge in [-0.1, -0.05) is 188 Å². The number of benzene rings is 15. The van der Waals surface area contributed by atoms with E-state index in [1.54, 1.807) is 0 Å². The summed E-state index contributed by atoms with van der Waals surface area (Å²) in [5.74, 6) is 6.28. The molecule has 0 bridgehead atoms. The number of anilines is 9. The number of aromatic nitrogens is 7. The molecule has 24 aromatic rings. The second kappa shape index (κ2) is 37.1. The molecule has 145 heavy (non-hydrogen) atoms. The summed E-state index contributed by atoms with van der Waals surface area (Å²) in [6, 6.07) is 129. The van der Waals surface area contributed by atoms with E-state index in [1.807, 2.05) is 109 Å². The molecule has 12 heterocycles. The molecule has 0 saturated carbocycles. The van der Waals surface area contributed by atoms with Crippen molar-refractivity contribution in [1.29, 1.82) is 0 Å². The van der Waals surface area contributed by atoms with E-state index in [0.717, 1.165) is 156 Å². The number of pyridine rings is 3. The smallest absolute Gasteiger partial charge is 0.137 e. The molecule has 0 aliphatic carbocycles. The summed E-state index contributed by atoms with van der Waals surface area (Å²) >= 11 is 1.83. The summed E-state index contributed by atoms with van der Waals surface area (Å²) in [5.41, 5.74) is 23.2. The van der Waals surface area contributed by atoms with Crippen LogP contribution in [0.5, 0.6) is 34.5 Å². The van der Waals surface area contributed by atoms with Crippen molar-refractivity contribution in [3.8, 4) is 52.0 Å². The van der Waals surface area contributed by atoms with Crippen LogP contribution >= 0.6 is 11.3 Å². The Morgan fingerprint density at radius 2 is 0.614 bits per heavy atom. The first-order valence-electron chi connectivity index (χ1n) is 47.8. The summed E-state index contributed by atoms with van der Waals surface area (Å²) in [6.07, 6.45) is 5.68. The second-order valence-electron chi connectivity index (χ2n) is 39.9. The van der Waals surface area contributed by atoms with Crippen LogP contribution < -0.4 is 43.6 Å². The van der Waals surface area contributed by atoms with E-state index in [9.17, 15) is 0 Å². The minimum atomic E-state index is -0.00452. The summed E-state index contributed by atoms with van der Waals surface area (Å²) < 4.78 is 37.0. The van der Waals surface area contributed by atoms with Gasteiger partial charge in [-0.25, -0.2) is 15.0 Å². The second-order valence-corrected chi connectivity index (χ2v) is 41.0. The van der Waals surface area contributed by atoms with E-state index in [4.69, 9.17) is 33.6 Å². The van der Waals surface area contributed by atoms with Crippen LogP contribution in [0.25, 0.3) is 147 Å². The van der Waals surface area contributed by atoms with Gasteiger partial charge < -0.3 is 66.3 Å². The molecule has 726 valence electrons. The number of nitrogens with zero attached hydrogens (tertiary/aromatic N) is 13. The molecule has 0 unspecified atom stereocenters. The standard InChI is InChI=1S/C42H34N5O.C41H31N4O2.C41H31N4OS.3Pt/c1-42(2,3)27-19-20-43-41(21-27)47-36-16-9-7-13-31(36)33-18-17-30(23-38(33)47)48-29-12-10-11-28(22-29)46-26-44(4)39-24-34-32-14-6-8-15-35(32)45(5)37(34)25-40(39)46;2*1-41(2,3)26-18-19-42-40(20-26)45-34-14-7-5-12-30(34)31-17-16-29(22-35(31)45)46-28-11-9-10-27(21-28)44-25-43(4)36-23-33-32-13-6-8-15-38(32)47-39(33)24-37(36)44;;;/h6-21,24-26H,1-5H3;2*5-20,23-25H,1-4H3;;;/q3*-3;;;. The van der Waals surface area contributed by atoms with Gasteiger partial charge in [-0.2, -0.15) is 56.4 Å². The molecule has 0 radical (unpaired) electrons. The molecule has 0 amide bonds. The molecule has 3 aliphatic heterocycles. The van der Waals surface area contributed by atoms with E-state index in [1.165, 1.54) is 58.7 Å². The molecule has 9 aromatic heterocycles. The van der Waals surface area contributed by atoms with Crippen molar-refractivity contribution in [2.75, 3.05) is 50.5 Å². The monoisotopic (exact) mass is 2450 g/mol.